The quantitative estimate of drug-likeness (QED) is 0.181. The van der Waals surface area contributed by atoms with E-state index >= 15 is 0 Å². The Hall–Kier alpha value is -4.63. The minimum Gasteiger partial charge on any atom is -0.495 e. The van der Waals surface area contributed by atoms with Gasteiger partial charge in [0.05, 0.1) is 17.7 Å². The SMILES string of the molecule is CC[C@H](C)NC(=O)[C@H](Cc1ccccc1)N(Cc1ccccc1C)C(=O)CN(c1cc(C)ccc1OC)S(=O)(=O)c1ccccc1. The fourth-order valence-corrected chi connectivity index (χ4v) is 6.63. The predicted molar refractivity (Wildman–Crippen MR) is 182 cm³/mol. The highest BCUT2D eigenvalue weighted by Crippen LogP contribution is 2.34. The number of benzene rings is 4. The van der Waals surface area contributed by atoms with Gasteiger partial charge < -0.3 is 15.0 Å². The first kappa shape index (κ1) is 34.2. The van der Waals surface area contributed by atoms with Crippen molar-refractivity contribution in [1.82, 2.24) is 10.2 Å². The van der Waals surface area contributed by atoms with Crippen molar-refractivity contribution in [3.63, 3.8) is 0 Å². The predicted octanol–water partition coefficient (Wildman–Crippen LogP) is 6.06. The smallest absolute Gasteiger partial charge is 0.264 e. The largest absolute Gasteiger partial charge is 0.495 e. The highest BCUT2D eigenvalue weighted by Gasteiger charge is 2.36. The molecule has 0 aromatic heterocycles. The Morgan fingerprint density at radius 3 is 2.13 bits per heavy atom. The second-order valence-electron chi connectivity index (χ2n) is 11.5. The van der Waals surface area contributed by atoms with E-state index in [1.54, 1.807) is 30.3 Å². The molecule has 0 saturated carbocycles. The van der Waals surface area contributed by atoms with Crippen LogP contribution in [0.4, 0.5) is 5.69 Å². The average molecular weight is 642 g/mol. The molecule has 0 aliphatic heterocycles. The van der Waals surface area contributed by atoms with Crippen molar-refractivity contribution in [2.75, 3.05) is 18.0 Å². The average Bonchev–Trinajstić information content (AvgIpc) is 3.06. The third kappa shape index (κ3) is 8.34. The van der Waals surface area contributed by atoms with Gasteiger partial charge in [0, 0.05) is 19.0 Å². The number of rotatable bonds is 14. The molecule has 0 radical (unpaired) electrons. The van der Waals surface area contributed by atoms with Gasteiger partial charge in [-0.3, -0.25) is 13.9 Å². The van der Waals surface area contributed by atoms with E-state index in [0.717, 1.165) is 26.6 Å². The molecule has 4 aromatic carbocycles. The number of anilines is 1. The van der Waals surface area contributed by atoms with Gasteiger partial charge in [-0.25, -0.2) is 8.42 Å². The summed E-state index contributed by atoms with van der Waals surface area (Å²) in [7, 11) is -2.77. The van der Waals surface area contributed by atoms with Crippen LogP contribution in [0.2, 0.25) is 0 Å². The summed E-state index contributed by atoms with van der Waals surface area (Å²) in [5, 5.41) is 3.07. The van der Waals surface area contributed by atoms with E-state index in [1.807, 2.05) is 88.4 Å². The van der Waals surface area contributed by atoms with E-state index in [4.69, 9.17) is 4.74 Å². The molecule has 2 atom stereocenters. The topological polar surface area (TPSA) is 96.0 Å². The van der Waals surface area contributed by atoms with Gasteiger partial charge >= 0.3 is 0 Å². The minimum atomic E-state index is -4.24. The lowest BCUT2D eigenvalue weighted by Gasteiger charge is -2.35. The molecule has 9 heteroatoms. The Morgan fingerprint density at radius 2 is 1.50 bits per heavy atom. The van der Waals surface area contributed by atoms with Crippen molar-refractivity contribution < 1.29 is 22.7 Å². The van der Waals surface area contributed by atoms with Gasteiger partial charge in [-0.1, -0.05) is 85.8 Å². The monoisotopic (exact) mass is 641 g/mol. The summed E-state index contributed by atoms with van der Waals surface area (Å²) >= 11 is 0. The van der Waals surface area contributed by atoms with Crippen LogP contribution in [-0.4, -0.2) is 50.9 Å². The van der Waals surface area contributed by atoms with E-state index in [1.165, 1.54) is 24.1 Å². The zero-order valence-corrected chi connectivity index (χ0v) is 28.0. The third-order valence-electron chi connectivity index (χ3n) is 8.09. The second-order valence-corrected chi connectivity index (χ2v) is 13.3. The first-order valence-corrected chi connectivity index (χ1v) is 16.9. The second kappa shape index (κ2) is 15.6. The molecule has 4 aromatic rings. The number of hydrogen-bond acceptors (Lipinski definition) is 5. The summed E-state index contributed by atoms with van der Waals surface area (Å²) in [6.07, 6.45) is 0.964. The summed E-state index contributed by atoms with van der Waals surface area (Å²) < 4.78 is 35.2. The first-order valence-electron chi connectivity index (χ1n) is 15.5. The number of aryl methyl sites for hydroxylation is 2. The Balaban J connectivity index is 1.86. The molecule has 1 N–H and O–H groups in total. The number of carbonyl (C=O) groups excluding carboxylic acids is 2. The Morgan fingerprint density at radius 1 is 0.870 bits per heavy atom. The van der Waals surface area contributed by atoms with Crippen molar-refractivity contribution >= 4 is 27.5 Å². The molecule has 0 fully saturated rings. The minimum absolute atomic E-state index is 0.0344. The molecule has 0 heterocycles. The van der Waals surface area contributed by atoms with Crippen molar-refractivity contribution in [3.8, 4) is 5.75 Å². The maximum absolute atomic E-state index is 14.7. The summed E-state index contributed by atoms with van der Waals surface area (Å²) in [6.45, 7) is 7.26. The van der Waals surface area contributed by atoms with Gasteiger partial charge in [0.15, 0.2) is 0 Å². The van der Waals surface area contributed by atoms with Crippen molar-refractivity contribution in [3.05, 3.63) is 125 Å². The fraction of sp³-hybridized carbons (Fsp3) is 0.297. The number of amides is 2. The van der Waals surface area contributed by atoms with Crippen LogP contribution in [0.5, 0.6) is 5.75 Å². The lowest BCUT2D eigenvalue weighted by atomic mass is 10.0. The van der Waals surface area contributed by atoms with Gasteiger partial charge in [0.1, 0.15) is 18.3 Å². The number of ether oxygens (including phenoxy) is 1. The highest BCUT2D eigenvalue weighted by atomic mass is 32.2. The van der Waals surface area contributed by atoms with Gasteiger partial charge in [-0.2, -0.15) is 0 Å². The van der Waals surface area contributed by atoms with E-state index in [2.05, 4.69) is 5.32 Å². The summed E-state index contributed by atoms with van der Waals surface area (Å²) in [6, 6.07) is 29.4. The molecule has 4 rings (SSSR count). The maximum Gasteiger partial charge on any atom is 0.264 e. The molecule has 0 aliphatic carbocycles. The van der Waals surface area contributed by atoms with Crippen LogP contribution in [-0.2, 0) is 32.6 Å². The molecule has 242 valence electrons. The van der Waals surface area contributed by atoms with Crippen LogP contribution in [0.1, 0.15) is 42.5 Å². The molecule has 0 aliphatic rings. The molecule has 0 saturated heterocycles. The molecular formula is C37H43N3O5S. The number of nitrogens with zero attached hydrogens (tertiary/aromatic N) is 2. The maximum atomic E-state index is 14.7. The summed E-state index contributed by atoms with van der Waals surface area (Å²) in [4.78, 5) is 30.2. The van der Waals surface area contributed by atoms with Crippen molar-refractivity contribution in [2.45, 2.75) is 64.1 Å². The van der Waals surface area contributed by atoms with Crippen LogP contribution >= 0.6 is 0 Å². The molecule has 0 spiro atoms. The molecule has 8 nitrogen and oxygen atoms in total. The molecule has 2 amide bonds. The van der Waals surface area contributed by atoms with Crippen LogP contribution in [0.25, 0.3) is 0 Å². The zero-order chi connectivity index (χ0) is 33.3. The van der Waals surface area contributed by atoms with Crippen molar-refractivity contribution in [2.24, 2.45) is 0 Å². The van der Waals surface area contributed by atoms with E-state index < -0.39 is 28.5 Å². The van der Waals surface area contributed by atoms with Crippen LogP contribution in [0.15, 0.2) is 108 Å². The van der Waals surface area contributed by atoms with Gasteiger partial charge in [-0.05, 0) is 73.7 Å². The Bertz CT molecular complexity index is 1730. The van der Waals surface area contributed by atoms with E-state index in [-0.39, 0.29) is 35.5 Å². The fourth-order valence-electron chi connectivity index (χ4n) is 5.19. The standard InChI is InChI=1S/C37H43N3O5S/c1-6-29(4)38-37(42)34(24-30-16-9-7-10-17-30)39(25-31-18-14-13-15-28(31)3)36(41)26-40(33-23-27(2)21-22-35(33)45-5)46(43,44)32-19-11-8-12-20-32/h7-23,29,34H,6,24-26H2,1-5H3,(H,38,42)/t29-,34-/m0/s1. The highest BCUT2D eigenvalue weighted by molar-refractivity contribution is 7.92. The lowest BCUT2D eigenvalue weighted by molar-refractivity contribution is -0.140. The van der Waals surface area contributed by atoms with Crippen molar-refractivity contribution in [1.29, 1.82) is 0 Å². The molecule has 46 heavy (non-hydrogen) atoms. The van der Waals surface area contributed by atoms with Crippen LogP contribution < -0.4 is 14.4 Å². The zero-order valence-electron chi connectivity index (χ0n) is 27.1. The van der Waals surface area contributed by atoms with Crippen LogP contribution in [0.3, 0.4) is 0 Å². The number of methoxy groups -OCH3 is 1. The van der Waals surface area contributed by atoms with Gasteiger partial charge in [-0.15, -0.1) is 0 Å². The molecule has 0 bridgehead atoms. The summed E-state index contributed by atoms with van der Waals surface area (Å²) in [5.74, 6) is -0.518. The number of sulfonamides is 1. The Labute approximate surface area is 273 Å². The van der Waals surface area contributed by atoms with E-state index in [9.17, 15) is 18.0 Å². The molecule has 0 unspecified atom stereocenters. The number of hydrogen-bond donors (Lipinski definition) is 1. The Kier molecular flexibility index (Phi) is 11.6. The van der Waals surface area contributed by atoms with E-state index in [0.29, 0.717) is 12.2 Å². The third-order valence-corrected chi connectivity index (χ3v) is 9.86. The van der Waals surface area contributed by atoms with Gasteiger partial charge in [0.25, 0.3) is 10.0 Å². The van der Waals surface area contributed by atoms with Gasteiger partial charge in [0.2, 0.25) is 11.8 Å². The lowest BCUT2D eigenvalue weighted by Crippen LogP contribution is -2.54. The normalized spacial score (nSPS) is 12.5. The first-order chi connectivity index (χ1) is 22.0. The number of nitrogens with one attached hydrogen (secondary N) is 1. The number of carbonyl (C=O) groups is 2. The summed E-state index contributed by atoms with van der Waals surface area (Å²) in [5.41, 5.74) is 3.72. The van der Waals surface area contributed by atoms with Crippen LogP contribution in [0, 0.1) is 13.8 Å². The molecular weight excluding hydrogens is 598 g/mol.